The molecule has 1 saturated carbocycles. The molecule has 1 aromatic carbocycles. The fraction of sp³-hybridized carbons (Fsp3) is 0.677. The van der Waals surface area contributed by atoms with Crippen LogP contribution in [0.1, 0.15) is 85.1 Å². The van der Waals surface area contributed by atoms with Crippen molar-refractivity contribution in [3.05, 3.63) is 47.5 Å². The van der Waals surface area contributed by atoms with Crippen molar-refractivity contribution in [1.82, 2.24) is 9.80 Å². The van der Waals surface area contributed by atoms with E-state index in [-0.39, 0.29) is 17.3 Å². The van der Waals surface area contributed by atoms with E-state index in [1.807, 2.05) is 32.6 Å². The summed E-state index contributed by atoms with van der Waals surface area (Å²) >= 11 is 0. The van der Waals surface area contributed by atoms with Gasteiger partial charge in [-0.3, -0.25) is 4.79 Å². The highest BCUT2D eigenvalue weighted by atomic mass is 16.2. The molecular formula is C31H52N4O. The van der Waals surface area contributed by atoms with Gasteiger partial charge in [0.1, 0.15) is 0 Å². The summed E-state index contributed by atoms with van der Waals surface area (Å²) in [5, 5.41) is 8.84. The Balaban J connectivity index is 0.000000318. The Labute approximate surface area is 221 Å². The fourth-order valence-electron chi connectivity index (χ4n) is 5.15. The van der Waals surface area contributed by atoms with E-state index in [0.29, 0.717) is 5.91 Å². The Hall–Kier alpha value is -2.16. The SMILES string of the molecule is CC.CC.CC1=CCN(C(=O)C2CCC(C#N)CC2)CC1.CN1CCC(CN)(c2ccccc2)CC1. The number of hydrogen-bond acceptors (Lipinski definition) is 4. The van der Waals surface area contributed by atoms with Gasteiger partial charge in [-0.05, 0) is 77.6 Å². The summed E-state index contributed by atoms with van der Waals surface area (Å²) in [4.78, 5) is 16.6. The minimum absolute atomic E-state index is 0.173. The van der Waals surface area contributed by atoms with Crippen LogP contribution in [0.15, 0.2) is 42.0 Å². The predicted octanol–water partition coefficient (Wildman–Crippen LogP) is 6.16. The smallest absolute Gasteiger partial charge is 0.225 e. The second-order valence-corrected chi connectivity index (χ2v) is 9.92. The molecule has 1 aromatic rings. The fourth-order valence-corrected chi connectivity index (χ4v) is 5.15. The van der Waals surface area contributed by atoms with Gasteiger partial charge in [-0.15, -0.1) is 0 Å². The van der Waals surface area contributed by atoms with E-state index >= 15 is 0 Å². The van der Waals surface area contributed by atoms with Gasteiger partial charge in [0.05, 0.1) is 6.07 Å². The number of carbonyl (C=O) groups is 1. The average molecular weight is 497 g/mol. The van der Waals surface area contributed by atoms with E-state index in [1.165, 1.54) is 24.0 Å². The van der Waals surface area contributed by atoms with E-state index in [1.54, 1.807) is 0 Å². The number of rotatable bonds is 3. The standard InChI is InChI=1S/C14H20N2O.C13H20N2.2C2H6/c1-11-6-8-16(9-7-11)14(17)13-4-2-12(10-15)3-5-13;1-15-9-7-13(11-14,8-10-15)12-5-3-2-4-6-12;2*1-2/h6,12-13H,2-5,7-9H2,1H3;2-6H,7-11,14H2,1H3;2*1-2H3. The van der Waals surface area contributed by atoms with Gasteiger partial charge in [0.25, 0.3) is 0 Å². The Kier molecular flexibility index (Phi) is 15.3. The number of nitrogens with zero attached hydrogens (tertiary/aromatic N) is 3. The lowest BCUT2D eigenvalue weighted by Crippen LogP contribution is -2.45. The molecule has 5 nitrogen and oxygen atoms in total. The highest BCUT2D eigenvalue weighted by Gasteiger charge is 2.33. The summed E-state index contributed by atoms with van der Waals surface area (Å²) in [6, 6.07) is 13.1. The van der Waals surface area contributed by atoms with Crippen LogP contribution >= 0.6 is 0 Å². The molecule has 5 heteroatoms. The Bertz CT molecular complexity index is 798. The zero-order valence-corrected chi connectivity index (χ0v) is 23.9. The van der Waals surface area contributed by atoms with E-state index in [2.05, 4.69) is 61.3 Å². The number of nitrogens with two attached hydrogens (primary N) is 1. The minimum atomic E-state index is 0.173. The second-order valence-electron chi connectivity index (χ2n) is 9.92. The molecule has 0 unspecified atom stereocenters. The van der Waals surface area contributed by atoms with Crippen molar-refractivity contribution in [3.63, 3.8) is 0 Å². The van der Waals surface area contributed by atoms with Crippen LogP contribution in [-0.4, -0.2) is 55.5 Å². The summed E-state index contributed by atoms with van der Waals surface area (Å²) in [6.07, 6.45) is 9.13. The van der Waals surface area contributed by atoms with Crippen LogP contribution in [0.25, 0.3) is 0 Å². The molecule has 4 rings (SSSR count). The Morgan fingerprint density at radius 1 is 1.03 bits per heavy atom. The Morgan fingerprint density at radius 3 is 2.08 bits per heavy atom. The normalized spacial score (nSPS) is 23.2. The van der Waals surface area contributed by atoms with E-state index in [4.69, 9.17) is 11.0 Å². The van der Waals surface area contributed by atoms with Crippen molar-refractivity contribution < 1.29 is 4.79 Å². The maximum Gasteiger partial charge on any atom is 0.225 e. The second kappa shape index (κ2) is 17.3. The lowest BCUT2D eigenvalue weighted by molar-refractivity contribution is -0.136. The maximum atomic E-state index is 12.3. The summed E-state index contributed by atoms with van der Waals surface area (Å²) in [5.41, 5.74) is 9.04. The van der Waals surface area contributed by atoms with E-state index in [9.17, 15) is 4.79 Å². The van der Waals surface area contributed by atoms with Gasteiger partial charge in [0.2, 0.25) is 5.91 Å². The molecule has 0 aromatic heterocycles. The molecule has 1 saturated heterocycles. The summed E-state index contributed by atoms with van der Waals surface area (Å²) in [6.45, 7) is 14.9. The molecule has 2 fully saturated rings. The van der Waals surface area contributed by atoms with Crippen molar-refractivity contribution in [1.29, 1.82) is 5.26 Å². The summed E-state index contributed by atoms with van der Waals surface area (Å²) in [7, 11) is 2.19. The molecule has 0 spiro atoms. The quantitative estimate of drug-likeness (QED) is 0.509. The van der Waals surface area contributed by atoms with Crippen LogP contribution in [0.4, 0.5) is 0 Å². The van der Waals surface area contributed by atoms with Crippen molar-refractivity contribution in [3.8, 4) is 6.07 Å². The van der Waals surface area contributed by atoms with Crippen molar-refractivity contribution in [2.24, 2.45) is 17.6 Å². The monoisotopic (exact) mass is 496 g/mol. The van der Waals surface area contributed by atoms with Gasteiger partial charge in [0.15, 0.2) is 0 Å². The molecule has 1 aliphatic carbocycles. The number of piperidine rings is 1. The van der Waals surface area contributed by atoms with E-state index in [0.717, 1.165) is 64.8 Å². The van der Waals surface area contributed by atoms with Gasteiger partial charge in [-0.25, -0.2) is 0 Å². The van der Waals surface area contributed by atoms with Gasteiger partial charge in [-0.1, -0.05) is 69.7 Å². The molecule has 2 heterocycles. The molecule has 0 bridgehead atoms. The topological polar surface area (TPSA) is 73.4 Å². The van der Waals surface area contributed by atoms with Crippen molar-refractivity contribution >= 4 is 5.91 Å². The van der Waals surface area contributed by atoms with Gasteiger partial charge in [0, 0.05) is 36.9 Å². The van der Waals surface area contributed by atoms with Gasteiger partial charge in [-0.2, -0.15) is 5.26 Å². The number of carbonyl (C=O) groups excluding carboxylic acids is 1. The van der Waals surface area contributed by atoms with Crippen molar-refractivity contribution in [2.45, 2.75) is 85.0 Å². The number of likely N-dealkylation sites (tertiary alicyclic amines) is 1. The third kappa shape index (κ3) is 9.37. The highest BCUT2D eigenvalue weighted by Crippen LogP contribution is 2.34. The minimum Gasteiger partial charge on any atom is -0.338 e. The molecule has 0 atom stereocenters. The largest absolute Gasteiger partial charge is 0.338 e. The van der Waals surface area contributed by atoms with Crippen LogP contribution in [0.2, 0.25) is 0 Å². The van der Waals surface area contributed by atoms with Gasteiger partial charge < -0.3 is 15.5 Å². The Morgan fingerprint density at radius 2 is 1.61 bits per heavy atom. The van der Waals surface area contributed by atoms with Gasteiger partial charge >= 0.3 is 0 Å². The maximum absolute atomic E-state index is 12.3. The first-order valence-electron chi connectivity index (χ1n) is 14.3. The van der Waals surface area contributed by atoms with Crippen LogP contribution in [0, 0.1) is 23.2 Å². The average Bonchev–Trinajstić information content (AvgIpc) is 2.97. The molecule has 2 aliphatic heterocycles. The lowest BCUT2D eigenvalue weighted by atomic mass is 9.73. The molecule has 0 radical (unpaired) electrons. The number of benzene rings is 1. The van der Waals surface area contributed by atoms with Crippen LogP contribution in [0.3, 0.4) is 0 Å². The zero-order chi connectivity index (χ0) is 27.0. The summed E-state index contributed by atoms with van der Waals surface area (Å²) < 4.78 is 0. The summed E-state index contributed by atoms with van der Waals surface area (Å²) in [5.74, 6) is 0.666. The molecule has 36 heavy (non-hydrogen) atoms. The lowest BCUT2D eigenvalue weighted by Gasteiger charge is -2.40. The highest BCUT2D eigenvalue weighted by molar-refractivity contribution is 5.79. The third-order valence-electron chi connectivity index (χ3n) is 7.73. The number of nitriles is 1. The van der Waals surface area contributed by atoms with Crippen LogP contribution in [-0.2, 0) is 10.2 Å². The molecule has 3 aliphatic rings. The van der Waals surface area contributed by atoms with Crippen LogP contribution in [0.5, 0.6) is 0 Å². The predicted molar refractivity (Wildman–Crippen MR) is 153 cm³/mol. The molecular weight excluding hydrogens is 444 g/mol. The zero-order valence-electron chi connectivity index (χ0n) is 23.9. The third-order valence-corrected chi connectivity index (χ3v) is 7.73. The van der Waals surface area contributed by atoms with Crippen molar-refractivity contribution in [2.75, 3.05) is 39.8 Å². The molecule has 1 amide bonds. The first-order chi connectivity index (χ1) is 17.5. The molecule has 202 valence electrons. The first-order valence-corrected chi connectivity index (χ1v) is 14.3. The van der Waals surface area contributed by atoms with Crippen LogP contribution < -0.4 is 5.73 Å². The van der Waals surface area contributed by atoms with E-state index < -0.39 is 0 Å². The number of amides is 1. The number of hydrogen-bond donors (Lipinski definition) is 1. The molecule has 2 N–H and O–H groups in total. The first kappa shape index (κ1) is 31.9.